The van der Waals surface area contributed by atoms with Gasteiger partial charge in [0.05, 0.1) is 5.69 Å². The van der Waals surface area contributed by atoms with Crippen LogP contribution in [0, 0.1) is 22.7 Å². The van der Waals surface area contributed by atoms with E-state index in [9.17, 15) is 0 Å². The number of aryl methyl sites for hydroxylation is 1. The molecule has 0 aliphatic heterocycles. The molecule has 6 heteroatoms. The van der Waals surface area contributed by atoms with Crippen molar-refractivity contribution in [2.45, 2.75) is 38.0 Å². The van der Waals surface area contributed by atoms with Crippen molar-refractivity contribution in [2.75, 3.05) is 0 Å². The highest BCUT2D eigenvalue weighted by molar-refractivity contribution is 7.19. The number of hydrogen-bond acceptors (Lipinski definition) is 4. The monoisotopic (exact) mass is 304 g/mol. The molecule has 1 rings (SSSR count). The van der Waals surface area contributed by atoms with Gasteiger partial charge in [-0.15, -0.1) is 0 Å². The molecule has 4 nitrogen and oxygen atoms in total. The molecule has 20 heavy (non-hydrogen) atoms. The summed E-state index contributed by atoms with van der Waals surface area (Å²) < 4.78 is 0. The molecule has 1 aromatic rings. The molecule has 0 atom stereocenters. The Labute approximate surface area is 125 Å². The number of halogens is 1. The summed E-state index contributed by atoms with van der Waals surface area (Å²) in [5.41, 5.74) is 0.354. The summed E-state index contributed by atoms with van der Waals surface area (Å²) in [6.07, 6.45) is 0.903. The predicted molar refractivity (Wildman–Crippen MR) is 82.4 cm³/mol. The van der Waals surface area contributed by atoms with E-state index in [-0.39, 0.29) is 0 Å². The summed E-state index contributed by atoms with van der Waals surface area (Å²) in [7, 11) is -1.59. The summed E-state index contributed by atoms with van der Waals surface area (Å²) in [6.45, 7) is 5.66. The maximum atomic E-state index is 8.86. The van der Waals surface area contributed by atoms with Gasteiger partial charge in [0.2, 0.25) is 5.54 Å². The molecular formula is C14H17ClN4Si. The Morgan fingerprint density at radius 3 is 2.50 bits per heavy atom. The molecule has 0 heterocycles. The molecule has 0 aliphatic carbocycles. The van der Waals surface area contributed by atoms with E-state index in [0.717, 1.165) is 18.0 Å². The van der Waals surface area contributed by atoms with Gasteiger partial charge in [-0.1, -0.05) is 25.2 Å². The van der Waals surface area contributed by atoms with Crippen LogP contribution in [0.4, 0.5) is 5.69 Å². The lowest BCUT2D eigenvalue weighted by molar-refractivity contribution is 0.720. The normalized spacial score (nSPS) is 12.1. The van der Waals surface area contributed by atoms with Gasteiger partial charge >= 0.3 is 0 Å². The topological polar surface area (TPSA) is 72.3 Å². The molecule has 104 valence electrons. The van der Waals surface area contributed by atoms with E-state index in [2.05, 4.69) is 23.3 Å². The Morgan fingerprint density at radius 2 is 1.95 bits per heavy atom. The van der Waals surface area contributed by atoms with Crippen LogP contribution in [0.1, 0.15) is 12.5 Å². The smallest absolute Gasteiger partial charge is 0.194 e. The Balaban J connectivity index is 2.82. The van der Waals surface area contributed by atoms with Crippen molar-refractivity contribution in [2.24, 2.45) is 10.2 Å². The Morgan fingerprint density at radius 1 is 1.30 bits per heavy atom. The lowest BCUT2D eigenvalue weighted by Crippen LogP contribution is -2.16. The van der Waals surface area contributed by atoms with E-state index in [1.54, 1.807) is 6.07 Å². The summed E-state index contributed by atoms with van der Waals surface area (Å²) in [5.74, 6) is 0. The second kappa shape index (κ2) is 6.65. The van der Waals surface area contributed by atoms with Gasteiger partial charge in [0.15, 0.2) is 7.38 Å². The first-order valence-corrected chi connectivity index (χ1v) is 10.5. The van der Waals surface area contributed by atoms with Gasteiger partial charge in [-0.3, -0.25) is 0 Å². The van der Waals surface area contributed by atoms with Crippen LogP contribution in [0.2, 0.25) is 19.1 Å². The van der Waals surface area contributed by atoms with Crippen LogP contribution in [0.3, 0.4) is 0 Å². The third kappa shape index (κ3) is 5.52. The van der Waals surface area contributed by atoms with Crippen LogP contribution in [0.25, 0.3) is 0 Å². The number of azo groups is 1. The van der Waals surface area contributed by atoms with Gasteiger partial charge in [0, 0.05) is 0 Å². The SMILES string of the molecule is CC(C#N)(C#N)/N=N/c1cccc(CC[Si](C)(C)Cl)c1. The summed E-state index contributed by atoms with van der Waals surface area (Å²) in [5, 5.41) is 25.5. The number of nitrogens with zero attached hydrogens (tertiary/aromatic N) is 4. The van der Waals surface area contributed by atoms with Crippen molar-refractivity contribution in [1.82, 2.24) is 0 Å². The van der Waals surface area contributed by atoms with Gasteiger partial charge < -0.3 is 0 Å². The highest BCUT2D eigenvalue weighted by Crippen LogP contribution is 2.22. The lowest BCUT2D eigenvalue weighted by atomic mass is 10.1. The fourth-order valence-electron chi connectivity index (χ4n) is 1.44. The predicted octanol–water partition coefficient (Wildman–Crippen LogP) is 4.56. The molecule has 0 aliphatic rings. The zero-order valence-electron chi connectivity index (χ0n) is 11.9. The van der Waals surface area contributed by atoms with E-state index in [0.29, 0.717) is 5.69 Å². The van der Waals surface area contributed by atoms with Crippen molar-refractivity contribution in [1.29, 1.82) is 10.5 Å². The Bertz CT molecular complexity index is 564. The summed E-state index contributed by atoms with van der Waals surface area (Å²) >= 11 is 6.31. The zero-order valence-corrected chi connectivity index (χ0v) is 13.6. The number of hydrogen-bond donors (Lipinski definition) is 0. The quantitative estimate of drug-likeness (QED) is 0.454. The van der Waals surface area contributed by atoms with Gasteiger partial charge in [-0.25, -0.2) is 0 Å². The lowest BCUT2D eigenvalue weighted by Gasteiger charge is -2.12. The average Bonchev–Trinajstić information content (AvgIpc) is 2.42. The fourth-order valence-corrected chi connectivity index (χ4v) is 2.61. The third-order valence-corrected chi connectivity index (χ3v) is 4.73. The van der Waals surface area contributed by atoms with Crippen molar-refractivity contribution in [3.8, 4) is 12.1 Å². The molecule has 0 aromatic heterocycles. The molecule has 0 saturated heterocycles. The first-order chi connectivity index (χ1) is 9.28. The summed E-state index contributed by atoms with van der Waals surface area (Å²) in [6, 6.07) is 12.3. The molecule has 1 aromatic carbocycles. The van der Waals surface area contributed by atoms with Crippen molar-refractivity contribution >= 4 is 24.2 Å². The van der Waals surface area contributed by atoms with Crippen molar-refractivity contribution < 1.29 is 0 Å². The third-order valence-electron chi connectivity index (χ3n) is 2.72. The minimum absolute atomic E-state index is 0.647. The number of nitriles is 2. The first-order valence-electron chi connectivity index (χ1n) is 6.31. The maximum Gasteiger partial charge on any atom is 0.249 e. The van der Waals surface area contributed by atoms with Gasteiger partial charge in [0.25, 0.3) is 0 Å². The van der Waals surface area contributed by atoms with Gasteiger partial charge in [-0.2, -0.15) is 31.8 Å². The molecule has 0 bridgehead atoms. The Hall–Kier alpha value is -1.69. The van der Waals surface area contributed by atoms with Crippen molar-refractivity contribution in [3.63, 3.8) is 0 Å². The molecule has 0 N–H and O–H groups in total. The van der Waals surface area contributed by atoms with Crippen LogP contribution >= 0.6 is 11.1 Å². The summed E-state index contributed by atoms with van der Waals surface area (Å²) in [4.78, 5) is 0. The zero-order chi connectivity index (χ0) is 15.2. The molecule has 0 amide bonds. The number of benzene rings is 1. The second-order valence-corrected chi connectivity index (χ2v) is 12.4. The van der Waals surface area contributed by atoms with Crippen molar-refractivity contribution in [3.05, 3.63) is 29.8 Å². The average molecular weight is 305 g/mol. The maximum absolute atomic E-state index is 8.86. The van der Waals surface area contributed by atoms with Crippen LogP contribution in [-0.4, -0.2) is 12.9 Å². The largest absolute Gasteiger partial charge is 0.249 e. The van der Waals surface area contributed by atoms with E-state index >= 15 is 0 Å². The standard InChI is InChI=1S/C14H17ClN4Si/c1-14(10-16,11-17)19-18-13-6-4-5-12(9-13)7-8-20(2,3)15/h4-6,9H,7-8H2,1-3H3/b19-18+. The minimum Gasteiger partial charge on any atom is -0.194 e. The van der Waals surface area contributed by atoms with E-state index in [1.165, 1.54) is 6.92 Å². The molecular weight excluding hydrogens is 288 g/mol. The van der Waals surface area contributed by atoms with E-state index < -0.39 is 12.9 Å². The van der Waals surface area contributed by atoms with Crippen LogP contribution in [0.5, 0.6) is 0 Å². The van der Waals surface area contributed by atoms with Crippen LogP contribution < -0.4 is 0 Å². The van der Waals surface area contributed by atoms with Crippen LogP contribution in [-0.2, 0) is 6.42 Å². The molecule has 0 fully saturated rings. The highest BCUT2D eigenvalue weighted by atomic mass is 35.6. The Kier molecular flexibility index (Phi) is 5.44. The molecule has 0 spiro atoms. The van der Waals surface area contributed by atoms with Gasteiger partial charge in [0.1, 0.15) is 12.1 Å². The second-order valence-electron chi connectivity index (χ2n) is 5.38. The van der Waals surface area contributed by atoms with Crippen LogP contribution in [0.15, 0.2) is 34.5 Å². The molecule has 0 radical (unpaired) electrons. The minimum atomic E-state index is -1.59. The number of rotatable bonds is 5. The van der Waals surface area contributed by atoms with E-state index in [4.69, 9.17) is 21.6 Å². The molecule has 0 unspecified atom stereocenters. The first kappa shape index (κ1) is 16.4. The van der Waals surface area contributed by atoms with Gasteiger partial charge in [-0.05, 0) is 37.1 Å². The fraction of sp³-hybridized carbons (Fsp3) is 0.429. The highest BCUT2D eigenvalue weighted by Gasteiger charge is 2.22. The molecule has 0 saturated carbocycles. The van der Waals surface area contributed by atoms with E-state index in [1.807, 2.05) is 30.3 Å².